The topological polar surface area (TPSA) is 17.1 Å². The van der Waals surface area contributed by atoms with Crippen LogP contribution in [0, 0.1) is 0 Å². The van der Waals surface area contributed by atoms with Gasteiger partial charge in [-0.3, -0.25) is 4.79 Å². The van der Waals surface area contributed by atoms with E-state index in [0.717, 1.165) is 22.0 Å². The van der Waals surface area contributed by atoms with E-state index < -0.39 is 0 Å². The van der Waals surface area contributed by atoms with Crippen molar-refractivity contribution in [2.45, 2.75) is 13.3 Å². The van der Waals surface area contributed by atoms with Gasteiger partial charge in [0.25, 0.3) is 0 Å². The van der Waals surface area contributed by atoms with Crippen LogP contribution in [0.2, 0.25) is 0 Å². The largest absolute Gasteiger partial charge is 0.295 e. The van der Waals surface area contributed by atoms with Gasteiger partial charge in [-0.1, -0.05) is 46.8 Å². The normalized spacial score (nSPS) is 9.69. The zero-order chi connectivity index (χ0) is 9.84. The molecule has 0 aliphatic heterocycles. The predicted molar refractivity (Wildman–Crippen MR) is 58.2 cm³/mol. The van der Waals surface area contributed by atoms with Crippen LogP contribution in [-0.2, 0) is 6.42 Å². The van der Waals surface area contributed by atoms with Gasteiger partial charge < -0.3 is 0 Å². The summed E-state index contributed by atoms with van der Waals surface area (Å²) >= 11 is 3.30. The van der Waals surface area contributed by atoms with Crippen molar-refractivity contribution in [3.05, 3.63) is 46.5 Å². The molecule has 68 valence electrons. The van der Waals surface area contributed by atoms with Crippen molar-refractivity contribution in [1.82, 2.24) is 0 Å². The van der Waals surface area contributed by atoms with Crippen molar-refractivity contribution >= 4 is 21.7 Å². The number of Topliss-reactive ketones (excluding diaryl/α,β-unsaturated/α-hetero) is 1. The fraction of sp³-hybridized carbons (Fsp3) is 0.182. The highest BCUT2D eigenvalue weighted by Gasteiger charge is 1.98. The van der Waals surface area contributed by atoms with Gasteiger partial charge in [0, 0.05) is 12.0 Å². The first-order chi connectivity index (χ1) is 6.09. The molecule has 0 heterocycles. The number of hydrogen-bond acceptors (Lipinski definition) is 1. The molecule has 1 aromatic rings. The van der Waals surface area contributed by atoms with E-state index in [1.54, 1.807) is 6.92 Å². The van der Waals surface area contributed by atoms with E-state index in [1.807, 2.05) is 24.3 Å². The molecule has 1 aromatic carbocycles. The second-order valence-corrected chi connectivity index (χ2v) is 4.07. The van der Waals surface area contributed by atoms with E-state index in [0.29, 0.717) is 0 Å². The number of rotatable bonds is 3. The van der Waals surface area contributed by atoms with Crippen molar-refractivity contribution in [2.24, 2.45) is 0 Å². The molecule has 0 N–H and O–H groups in total. The molecule has 0 saturated heterocycles. The van der Waals surface area contributed by atoms with E-state index in [1.165, 1.54) is 0 Å². The maximum absolute atomic E-state index is 11.0. The van der Waals surface area contributed by atoms with Gasteiger partial charge in [-0.25, -0.2) is 0 Å². The Kier molecular flexibility index (Phi) is 3.43. The monoisotopic (exact) mass is 238 g/mol. The highest BCUT2D eigenvalue weighted by molar-refractivity contribution is 9.11. The van der Waals surface area contributed by atoms with Gasteiger partial charge in [-0.15, -0.1) is 0 Å². The Bertz CT molecular complexity index is 324. The minimum atomic E-state index is 0.101. The van der Waals surface area contributed by atoms with E-state index >= 15 is 0 Å². The number of hydrogen-bond donors (Lipinski definition) is 0. The lowest BCUT2D eigenvalue weighted by molar-refractivity contribution is 0.101. The molecule has 13 heavy (non-hydrogen) atoms. The SMILES string of the molecule is C=C(Br)Cc1ccc(C(C)=O)cc1. The average Bonchev–Trinajstić information content (AvgIpc) is 2.04. The van der Waals surface area contributed by atoms with Gasteiger partial charge in [0.05, 0.1) is 0 Å². The summed E-state index contributed by atoms with van der Waals surface area (Å²) in [6, 6.07) is 7.58. The summed E-state index contributed by atoms with van der Waals surface area (Å²) in [5.41, 5.74) is 1.91. The van der Waals surface area contributed by atoms with Gasteiger partial charge >= 0.3 is 0 Å². The molecule has 0 amide bonds. The van der Waals surface area contributed by atoms with Gasteiger partial charge in [0.2, 0.25) is 0 Å². The Morgan fingerprint density at radius 2 is 1.92 bits per heavy atom. The highest BCUT2D eigenvalue weighted by atomic mass is 79.9. The Hall–Kier alpha value is -0.890. The molecule has 0 aliphatic rings. The summed E-state index contributed by atoms with van der Waals surface area (Å²) in [7, 11) is 0. The molecule has 0 aromatic heterocycles. The maximum Gasteiger partial charge on any atom is 0.159 e. The lowest BCUT2D eigenvalue weighted by Gasteiger charge is -2.00. The molecule has 0 radical (unpaired) electrons. The summed E-state index contributed by atoms with van der Waals surface area (Å²) in [5, 5.41) is 0. The second kappa shape index (κ2) is 4.38. The van der Waals surface area contributed by atoms with Crippen LogP contribution in [-0.4, -0.2) is 5.78 Å². The van der Waals surface area contributed by atoms with Gasteiger partial charge in [-0.2, -0.15) is 0 Å². The molecule has 0 fully saturated rings. The minimum absolute atomic E-state index is 0.101. The van der Waals surface area contributed by atoms with Crippen LogP contribution in [0.5, 0.6) is 0 Å². The minimum Gasteiger partial charge on any atom is -0.295 e. The molecule has 0 saturated carbocycles. The Labute approximate surface area is 86.6 Å². The fourth-order valence-electron chi connectivity index (χ4n) is 1.08. The van der Waals surface area contributed by atoms with Crippen LogP contribution in [0.15, 0.2) is 35.3 Å². The molecule has 0 aliphatic carbocycles. The van der Waals surface area contributed by atoms with E-state index in [2.05, 4.69) is 22.5 Å². The Balaban J connectivity index is 2.81. The predicted octanol–water partition coefficient (Wildman–Crippen LogP) is 3.34. The van der Waals surface area contributed by atoms with E-state index in [-0.39, 0.29) is 5.78 Å². The van der Waals surface area contributed by atoms with E-state index in [9.17, 15) is 4.79 Å². The molecule has 0 bridgehead atoms. The molecule has 1 rings (SSSR count). The second-order valence-electron chi connectivity index (χ2n) is 2.95. The summed E-state index contributed by atoms with van der Waals surface area (Å²) in [4.78, 5) is 11.0. The first kappa shape index (κ1) is 10.2. The van der Waals surface area contributed by atoms with Crippen LogP contribution in [0.4, 0.5) is 0 Å². The van der Waals surface area contributed by atoms with Gasteiger partial charge in [0.1, 0.15) is 0 Å². The molecule has 0 unspecified atom stereocenters. The van der Waals surface area contributed by atoms with Crippen molar-refractivity contribution < 1.29 is 4.79 Å². The van der Waals surface area contributed by atoms with Crippen LogP contribution < -0.4 is 0 Å². The quantitative estimate of drug-likeness (QED) is 0.739. The summed E-state index contributed by atoms with van der Waals surface area (Å²) in [6.45, 7) is 5.33. The summed E-state index contributed by atoms with van der Waals surface area (Å²) < 4.78 is 0.947. The Morgan fingerprint density at radius 1 is 1.38 bits per heavy atom. The average molecular weight is 239 g/mol. The molecule has 2 heteroatoms. The lowest BCUT2D eigenvalue weighted by Crippen LogP contribution is -1.92. The zero-order valence-electron chi connectivity index (χ0n) is 7.51. The molecular formula is C11H11BrO. The third-order valence-corrected chi connectivity index (χ3v) is 2.04. The van der Waals surface area contributed by atoms with Crippen molar-refractivity contribution in [2.75, 3.05) is 0 Å². The number of allylic oxidation sites excluding steroid dienone is 1. The fourth-order valence-corrected chi connectivity index (χ4v) is 1.40. The third kappa shape index (κ3) is 3.15. The number of halogens is 1. The molecule has 0 atom stereocenters. The van der Waals surface area contributed by atoms with Crippen molar-refractivity contribution in [3.63, 3.8) is 0 Å². The van der Waals surface area contributed by atoms with Gasteiger partial charge in [-0.05, 0) is 17.0 Å². The zero-order valence-corrected chi connectivity index (χ0v) is 9.10. The van der Waals surface area contributed by atoms with Crippen LogP contribution >= 0.6 is 15.9 Å². The third-order valence-electron chi connectivity index (χ3n) is 1.76. The van der Waals surface area contributed by atoms with Crippen LogP contribution in [0.25, 0.3) is 0 Å². The van der Waals surface area contributed by atoms with Crippen LogP contribution in [0.1, 0.15) is 22.8 Å². The smallest absolute Gasteiger partial charge is 0.159 e. The summed E-state index contributed by atoms with van der Waals surface area (Å²) in [5.74, 6) is 0.101. The Morgan fingerprint density at radius 3 is 2.31 bits per heavy atom. The number of benzene rings is 1. The van der Waals surface area contributed by atoms with Crippen molar-refractivity contribution in [1.29, 1.82) is 0 Å². The molecule has 1 nitrogen and oxygen atoms in total. The number of ketones is 1. The molecule has 0 spiro atoms. The lowest BCUT2D eigenvalue weighted by atomic mass is 10.1. The number of carbonyl (C=O) groups is 1. The standard InChI is InChI=1S/C11H11BrO/c1-8(12)7-10-3-5-11(6-4-10)9(2)13/h3-6H,1,7H2,2H3. The van der Waals surface area contributed by atoms with E-state index in [4.69, 9.17) is 0 Å². The van der Waals surface area contributed by atoms with Crippen LogP contribution in [0.3, 0.4) is 0 Å². The first-order valence-electron chi connectivity index (χ1n) is 4.03. The maximum atomic E-state index is 11.0. The van der Waals surface area contributed by atoms with Gasteiger partial charge in [0.15, 0.2) is 5.78 Å². The van der Waals surface area contributed by atoms with Crippen molar-refractivity contribution in [3.8, 4) is 0 Å². The first-order valence-corrected chi connectivity index (χ1v) is 4.82. The number of carbonyl (C=O) groups excluding carboxylic acids is 1. The summed E-state index contributed by atoms with van der Waals surface area (Å²) in [6.07, 6.45) is 0.804. The molecular weight excluding hydrogens is 228 g/mol. The highest BCUT2D eigenvalue weighted by Crippen LogP contribution is 2.12.